The Morgan fingerprint density at radius 1 is 1.09 bits per heavy atom. The molecule has 0 fully saturated rings. The van der Waals surface area contributed by atoms with Crippen LogP contribution >= 0.6 is 0 Å². The van der Waals surface area contributed by atoms with Crippen LogP contribution in [0.25, 0.3) is 0 Å². The molecular weight excluding hydrogens is 294 g/mol. The molecule has 23 heavy (non-hydrogen) atoms. The molecular formula is C18H19NO4. The summed E-state index contributed by atoms with van der Waals surface area (Å²) >= 11 is 0. The highest BCUT2D eigenvalue weighted by Crippen LogP contribution is 2.18. The molecule has 1 N–H and O–H groups in total. The van der Waals surface area contributed by atoms with Gasteiger partial charge in [0.25, 0.3) is 5.91 Å². The van der Waals surface area contributed by atoms with Crippen LogP contribution in [0.1, 0.15) is 22.8 Å². The van der Waals surface area contributed by atoms with Crippen LogP contribution in [0.15, 0.2) is 48.5 Å². The Morgan fingerprint density at radius 3 is 2.52 bits per heavy atom. The lowest BCUT2D eigenvalue weighted by Crippen LogP contribution is -2.30. The zero-order valence-electron chi connectivity index (χ0n) is 13.3. The Kier molecular flexibility index (Phi) is 5.36. The lowest BCUT2D eigenvalue weighted by Gasteiger charge is -2.16. The SMILES string of the molecule is COC(=O)c1cccc(NC(=O)[C@H](C)Oc2ccccc2C)c1. The lowest BCUT2D eigenvalue weighted by atomic mass is 10.2. The Balaban J connectivity index is 2.04. The standard InChI is InChI=1S/C18H19NO4/c1-12-7-4-5-10-16(12)23-13(2)17(20)19-15-9-6-8-14(11-15)18(21)22-3/h4-11,13H,1-3H3,(H,19,20)/t13-/m0/s1. The van der Waals surface area contributed by atoms with E-state index in [4.69, 9.17) is 4.74 Å². The van der Waals surface area contributed by atoms with Gasteiger partial charge in [-0.15, -0.1) is 0 Å². The highest BCUT2D eigenvalue weighted by Gasteiger charge is 2.16. The van der Waals surface area contributed by atoms with E-state index in [-0.39, 0.29) is 5.91 Å². The van der Waals surface area contributed by atoms with Gasteiger partial charge in [0.05, 0.1) is 12.7 Å². The molecule has 0 radical (unpaired) electrons. The van der Waals surface area contributed by atoms with Crippen molar-refractivity contribution in [1.82, 2.24) is 0 Å². The first-order chi connectivity index (χ1) is 11.0. The fourth-order valence-electron chi connectivity index (χ4n) is 2.02. The summed E-state index contributed by atoms with van der Waals surface area (Å²) in [6.45, 7) is 3.59. The molecule has 0 aromatic heterocycles. The van der Waals surface area contributed by atoms with Crippen LogP contribution < -0.4 is 10.1 Å². The van der Waals surface area contributed by atoms with E-state index in [1.807, 2.05) is 31.2 Å². The zero-order chi connectivity index (χ0) is 16.8. The predicted octanol–water partition coefficient (Wildman–Crippen LogP) is 3.19. The van der Waals surface area contributed by atoms with Crippen LogP contribution in [0.3, 0.4) is 0 Å². The summed E-state index contributed by atoms with van der Waals surface area (Å²) in [5.74, 6) is -0.0842. The maximum atomic E-state index is 12.2. The number of nitrogens with one attached hydrogen (secondary N) is 1. The van der Waals surface area contributed by atoms with Gasteiger partial charge in [-0.2, -0.15) is 0 Å². The summed E-state index contributed by atoms with van der Waals surface area (Å²) in [4.78, 5) is 23.7. The third-order valence-corrected chi connectivity index (χ3v) is 3.32. The van der Waals surface area contributed by atoms with Gasteiger partial charge in [-0.1, -0.05) is 24.3 Å². The van der Waals surface area contributed by atoms with Gasteiger partial charge in [-0.3, -0.25) is 4.79 Å². The van der Waals surface area contributed by atoms with Crippen LogP contribution in [-0.2, 0) is 9.53 Å². The molecule has 0 heterocycles. The number of para-hydroxylation sites is 1. The Labute approximate surface area is 135 Å². The van der Waals surface area contributed by atoms with E-state index in [0.717, 1.165) is 5.56 Å². The minimum atomic E-state index is -0.669. The minimum Gasteiger partial charge on any atom is -0.481 e. The molecule has 5 nitrogen and oxygen atoms in total. The third kappa shape index (κ3) is 4.32. The second-order valence-corrected chi connectivity index (χ2v) is 5.09. The number of hydrogen-bond donors (Lipinski definition) is 1. The molecule has 0 bridgehead atoms. The molecule has 0 spiro atoms. The molecule has 120 valence electrons. The quantitative estimate of drug-likeness (QED) is 0.861. The predicted molar refractivity (Wildman–Crippen MR) is 87.7 cm³/mol. The first-order valence-corrected chi connectivity index (χ1v) is 7.23. The van der Waals surface area contributed by atoms with Gasteiger partial charge in [-0.25, -0.2) is 4.79 Å². The van der Waals surface area contributed by atoms with Crippen molar-refractivity contribution in [3.8, 4) is 5.75 Å². The van der Waals surface area contributed by atoms with Gasteiger partial charge in [-0.05, 0) is 43.7 Å². The van der Waals surface area contributed by atoms with Gasteiger partial charge >= 0.3 is 5.97 Å². The fourth-order valence-corrected chi connectivity index (χ4v) is 2.02. The minimum absolute atomic E-state index is 0.296. The number of benzene rings is 2. The highest BCUT2D eigenvalue weighted by atomic mass is 16.5. The molecule has 0 aliphatic heterocycles. The van der Waals surface area contributed by atoms with E-state index in [1.165, 1.54) is 7.11 Å². The maximum absolute atomic E-state index is 12.2. The van der Waals surface area contributed by atoms with E-state index in [9.17, 15) is 9.59 Å². The molecule has 0 aliphatic rings. The zero-order valence-corrected chi connectivity index (χ0v) is 13.3. The Morgan fingerprint density at radius 2 is 1.83 bits per heavy atom. The number of amides is 1. The molecule has 0 aliphatic carbocycles. The number of aryl methyl sites for hydroxylation is 1. The Bertz CT molecular complexity index is 712. The number of anilines is 1. The van der Waals surface area contributed by atoms with E-state index >= 15 is 0 Å². The van der Waals surface area contributed by atoms with Crippen molar-refractivity contribution in [2.45, 2.75) is 20.0 Å². The van der Waals surface area contributed by atoms with E-state index < -0.39 is 12.1 Å². The smallest absolute Gasteiger partial charge is 0.337 e. The molecule has 2 aromatic carbocycles. The van der Waals surface area contributed by atoms with Crippen LogP contribution in [0.2, 0.25) is 0 Å². The number of carbonyl (C=O) groups is 2. The summed E-state index contributed by atoms with van der Waals surface area (Å²) in [5, 5.41) is 2.73. The normalized spacial score (nSPS) is 11.4. The van der Waals surface area contributed by atoms with Crippen molar-refractivity contribution in [2.75, 3.05) is 12.4 Å². The second kappa shape index (κ2) is 7.45. The average molecular weight is 313 g/mol. The van der Waals surface area contributed by atoms with Crippen molar-refractivity contribution in [2.24, 2.45) is 0 Å². The molecule has 2 aromatic rings. The molecule has 1 amide bonds. The molecule has 0 saturated heterocycles. The van der Waals surface area contributed by atoms with Crippen LogP contribution in [-0.4, -0.2) is 25.1 Å². The lowest BCUT2D eigenvalue weighted by molar-refractivity contribution is -0.122. The van der Waals surface area contributed by atoms with E-state index in [1.54, 1.807) is 31.2 Å². The van der Waals surface area contributed by atoms with Crippen LogP contribution in [0, 0.1) is 6.92 Å². The second-order valence-electron chi connectivity index (χ2n) is 5.09. The molecule has 0 saturated carbocycles. The van der Waals surface area contributed by atoms with Gasteiger partial charge in [0.15, 0.2) is 6.10 Å². The van der Waals surface area contributed by atoms with Gasteiger partial charge < -0.3 is 14.8 Å². The molecule has 2 rings (SSSR count). The van der Waals surface area contributed by atoms with E-state index in [2.05, 4.69) is 10.1 Å². The van der Waals surface area contributed by atoms with Crippen molar-refractivity contribution >= 4 is 17.6 Å². The van der Waals surface area contributed by atoms with Crippen LogP contribution in [0.5, 0.6) is 5.75 Å². The highest BCUT2D eigenvalue weighted by molar-refractivity contribution is 5.96. The summed E-state index contributed by atoms with van der Waals surface area (Å²) in [7, 11) is 1.31. The fraction of sp³-hybridized carbons (Fsp3) is 0.222. The Hall–Kier alpha value is -2.82. The van der Waals surface area contributed by atoms with Crippen molar-refractivity contribution < 1.29 is 19.1 Å². The monoisotopic (exact) mass is 313 g/mol. The number of esters is 1. The first kappa shape index (κ1) is 16.5. The third-order valence-electron chi connectivity index (χ3n) is 3.32. The van der Waals surface area contributed by atoms with Gasteiger partial charge in [0.2, 0.25) is 0 Å². The summed E-state index contributed by atoms with van der Waals surface area (Å²) in [6, 6.07) is 14.0. The van der Waals surface area contributed by atoms with Crippen LogP contribution in [0.4, 0.5) is 5.69 Å². The molecule has 0 unspecified atom stereocenters. The maximum Gasteiger partial charge on any atom is 0.337 e. The molecule has 5 heteroatoms. The average Bonchev–Trinajstić information content (AvgIpc) is 2.56. The molecule has 1 atom stereocenters. The summed E-state index contributed by atoms with van der Waals surface area (Å²) in [5.41, 5.74) is 1.84. The number of ether oxygens (including phenoxy) is 2. The largest absolute Gasteiger partial charge is 0.481 e. The van der Waals surface area contributed by atoms with Gasteiger partial charge in [0, 0.05) is 5.69 Å². The van der Waals surface area contributed by atoms with Crippen molar-refractivity contribution in [3.63, 3.8) is 0 Å². The summed E-state index contributed by atoms with van der Waals surface area (Å²) < 4.78 is 10.3. The number of hydrogen-bond acceptors (Lipinski definition) is 4. The summed E-state index contributed by atoms with van der Waals surface area (Å²) in [6.07, 6.45) is -0.669. The first-order valence-electron chi connectivity index (χ1n) is 7.23. The number of rotatable bonds is 5. The van der Waals surface area contributed by atoms with E-state index in [0.29, 0.717) is 17.0 Å². The van der Waals surface area contributed by atoms with Gasteiger partial charge in [0.1, 0.15) is 5.75 Å². The topological polar surface area (TPSA) is 64.6 Å². The van der Waals surface area contributed by atoms with Crippen molar-refractivity contribution in [1.29, 1.82) is 0 Å². The number of carbonyl (C=O) groups excluding carboxylic acids is 2. The van der Waals surface area contributed by atoms with Crippen molar-refractivity contribution in [3.05, 3.63) is 59.7 Å². The number of methoxy groups -OCH3 is 1.